The minimum atomic E-state index is -0.317. The molecular formula is C48H30BNO2. The van der Waals surface area contributed by atoms with Gasteiger partial charge < -0.3 is 14.0 Å². The Balaban J connectivity index is 1.05. The highest BCUT2D eigenvalue weighted by molar-refractivity contribution is 6.84. The molecule has 0 radical (unpaired) electrons. The van der Waals surface area contributed by atoms with Crippen molar-refractivity contribution in [1.29, 1.82) is 0 Å². The van der Waals surface area contributed by atoms with Gasteiger partial charge >= 0.3 is 6.92 Å². The summed E-state index contributed by atoms with van der Waals surface area (Å²) >= 11 is 0. The van der Waals surface area contributed by atoms with Crippen LogP contribution in [0.2, 0.25) is 0 Å². The van der Waals surface area contributed by atoms with Gasteiger partial charge in [-0.05, 0) is 69.8 Å². The van der Waals surface area contributed by atoms with E-state index in [2.05, 4.69) is 187 Å². The molecule has 4 heteroatoms. The van der Waals surface area contributed by atoms with Crippen molar-refractivity contribution >= 4 is 39.6 Å². The molecule has 0 saturated heterocycles. The van der Waals surface area contributed by atoms with Crippen molar-refractivity contribution < 1.29 is 9.39 Å². The van der Waals surface area contributed by atoms with Gasteiger partial charge in [0, 0.05) is 32.8 Å². The lowest BCUT2D eigenvalue weighted by molar-refractivity contribution is 0.479. The zero-order valence-electron chi connectivity index (χ0n) is 28.2. The first-order valence-corrected chi connectivity index (χ1v) is 17.8. The Kier molecular flexibility index (Phi) is 6.35. The molecular weight excluding hydrogens is 633 g/mol. The molecule has 0 unspecified atom stereocenters. The molecule has 0 fully saturated rings. The molecule has 0 saturated carbocycles. The van der Waals surface area contributed by atoms with E-state index in [0.717, 1.165) is 61.7 Å². The highest BCUT2D eigenvalue weighted by atomic mass is 16.5. The Labute approximate surface area is 302 Å². The number of rotatable bonds is 4. The first-order chi connectivity index (χ1) is 25.8. The van der Waals surface area contributed by atoms with E-state index in [1.165, 1.54) is 38.5 Å². The summed E-state index contributed by atoms with van der Waals surface area (Å²) in [4.78, 5) is 0. The monoisotopic (exact) mass is 663 g/mol. The molecule has 0 amide bonds. The van der Waals surface area contributed by atoms with E-state index in [-0.39, 0.29) is 6.92 Å². The summed E-state index contributed by atoms with van der Waals surface area (Å²) in [6.07, 6.45) is 0. The summed E-state index contributed by atoms with van der Waals surface area (Å²) in [7, 11) is 0. The zero-order chi connectivity index (χ0) is 34.2. The molecule has 9 aromatic rings. The number of nitrogens with zero attached hydrogens (tertiary/aromatic N) is 1. The topological polar surface area (TPSA) is 23.4 Å². The van der Waals surface area contributed by atoms with Gasteiger partial charge in [0.15, 0.2) is 0 Å². The molecule has 2 aliphatic heterocycles. The van der Waals surface area contributed by atoms with Gasteiger partial charge in [-0.15, -0.1) is 0 Å². The third-order valence-electron chi connectivity index (χ3n) is 10.7. The fourth-order valence-electron chi connectivity index (χ4n) is 8.38. The Morgan fingerprint density at radius 2 is 1.00 bits per heavy atom. The maximum Gasteiger partial charge on any atom is 0.434 e. The molecule has 242 valence electrons. The molecule has 2 aliphatic rings. The van der Waals surface area contributed by atoms with Crippen LogP contribution in [0.15, 0.2) is 182 Å². The Morgan fingerprint density at radius 1 is 0.385 bits per heavy atom. The standard InChI is InChI=1S/C48H30BNO2/c1-2-13-31(14-3-1)34-15-4-5-16-35(34)33-25-27-39-40-20-12-24-46-48(40)49(52-47(39)30-33)41-29-32(26-28-45(41)51-46)36-17-6-9-21-42(36)50-43-22-10-7-18-37(43)38-19-8-11-23-44(38)50/h1-30H. The van der Waals surface area contributed by atoms with Crippen LogP contribution in [-0.4, -0.2) is 11.5 Å². The van der Waals surface area contributed by atoms with Crippen LogP contribution in [-0.2, 0) is 0 Å². The number of hydrogen-bond donors (Lipinski definition) is 0. The van der Waals surface area contributed by atoms with Crippen molar-refractivity contribution in [3.63, 3.8) is 0 Å². The van der Waals surface area contributed by atoms with Crippen LogP contribution in [0.1, 0.15) is 0 Å². The molecule has 3 nitrogen and oxygen atoms in total. The maximum atomic E-state index is 7.10. The van der Waals surface area contributed by atoms with Crippen LogP contribution in [0.25, 0.3) is 72.0 Å². The zero-order valence-corrected chi connectivity index (χ0v) is 28.2. The summed E-state index contributed by atoms with van der Waals surface area (Å²) in [5.74, 6) is 2.54. The van der Waals surface area contributed by atoms with Gasteiger partial charge in [0.2, 0.25) is 0 Å². The first kappa shape index (κ1) is 29.0. The minimum Gasteiger partial charge on any atom is -0.551 e. The SMILES string of the molecule is c1ccc(-c2ccccc2-c2ccc3c(c2)OB2c4cc(-c5ccccc5-n5c6ccccc6c6ccccc65)ccc4Oc4cccc-3c42)cc1. The van der Waals surface area contributed by atoms with Crippen molar-refractivity contribution in [3.8, 4) is 67.4 Å². The normalized spacial score (nSPS) is 12.5. The Hall–Kier alpha value is -6.78. The highest BCUT2D eigenvalue weighted by Crippen LogP contribution is 2.43. The van der Waals surface area contributed by atoms with E-state index < -0.39 is 0 Å². The second-order valence-corrected chi connectivity index (χ2v) is 13.6. The smallest absolute Gasteiger partial charge is 0.434 e. The average Bonchev–Trinajstić information content (AvgIpc) is 3.55. The lowest BCUT2D eigenvalue weighted by Crippen LogP contribution is -2.53. The molecule has 0 atom stereocenters. The van der Waals surface area contributed by atoms with Gasteiger partial charge in [0.1, 0.15) is 17.2 Å². The van der Waals surface area contributed by atoms with Crippen molar-refractivity contribution in [1.82, 2.24) is 4.57 Å². The lowest BCUT2D eigenvalue weighted by atomic mass is 9.50. The molecule has 8 aromatic carbocycles. The van der Waals surface area contributed by atoms with E-state index in [1.807, 2.05) is 0 Å². The van der Waals surface area contributed by atoms with Crippen molar-refractivity contribution in [2.24, 2.45) is 0 Å². The fraction of sp³-hybridized carbons (Fsp3) is 0. The summed E-state index contributed by atoms with van der Waals surface area (Å²) in [6.45, 7) is -0.317. The third-order valence-corrected chi connectivity index (χ3v) is 10.7. The quantitative estimate of drug-likeness (QED) is 0.175. The van der Waals surface area contributed by atoms with Gasteiger partial charge in [-0.2, -0.15) is 0 Å². The molecule has 0 bridgehead atoms. The second-order valence-electron chi connectivity index (χ2n) is 13.6. The molecule has 0 N–H and O–H groups in total. The molecule has 1 aromatic heterocycles. The average molecular weight is 664 g/mol. The minimum absolute atomic E-state index is 0.317. The van der Waals surface area contributed by atoms with E-state index in [1.54, 1.807) is 0 Å². The second kappa shape index (κ2) is 11.4. The van der Waals surface area contributed by atoms with Crippen LogP contribution in [0.5, 0.6) is 17.2 Å². The van der Waals surface area contributed by atoms with Crippen LogP contribution >= 0.6 is 0 Å². The molecule has 52 heavy (non-hydrogen) atoms. The Bertz CT molecular complexity index is 2820. The maximum absolute atomic E-state index is 7.10. The van der Waals surface area contributed by atoms with Gasteiger partial charge in [-0.25, -0.2) is 0 Å². The number of aromatic nitrogens is 1. The number of hydrogen-bond acceptors (Lipinski definition) is 2. The van der Waals surface area contributed by atoms with E-state index in [0.29, 0.717) is 0 Å². The predicted octanol–water partition coefficient (Wildman–Crippen LogP) is 11.1. The number of fused-ring (bicyclic) bond motifs is 7. The third kappa shape index (κ3) is 4.34. The molecule has 0 spiro atoms. The van der Waals surface area contributed by atoms with Crippen LogP contribution in [0.3, 0.4) is 0 Å². The first-order valence-electron chi connectivity index (χ1n) is 17.8. The van der Waals surface area contributed by atoms with Crippen LogP contribution in [0, 0.1) is 0 Å². The summed E-state index contributed by atoms with van der Waals surface area (Å²) in [6, 6.07) is 64.7. The van der Waals surface area contributed by atoms with E-state index in [4.69, 9.17) is 9.39 Å². The van der Waals surface area contributed by atoms with Crippen LogP contribution < -0.4 is 20.3 Å². The number of para-hydroxylation sites is 3. The van der Waals surface area contributed by atoms with Crippen molar-refractivity contribution in [2.45, 2.75) is 0 Å². The van der Waals surface area contributed by atoms with Crippen LogP contribution in [0.4, 0.5) is 0 Å². The van der Waals surface area contributed by atoms with Gasteiger partial charge in [0.25, 0.3) is 0 Å². The highest BCUT2D eigenvalue weighted by Gasteiger charge is 2.41. The summed E-state index contributed by atoms with van der Waals surface area (Å²) < 4.78 is 16.1. The van der Waals surface area contributed by atoms with Gasteiger partial charge in [-0.1, -0.05) is 146 Å². The predicted molar refractivity (Wildman–Crippen MR) is 215 cm³/mol. The van der Waals surface area contributed by atoms with Gasteiger partial charge in [-0.3, -0.25) is 0 Å². The van der Waals surface area contributed by atoms with E-state index in [9.17, 15) is 0 Å². The van der Waals surface area contributed by atoms with Gasteiger partial charge in [0.05, 0.1) is 16.7 Å². The fourth-order valence-corrected chi connectivity index (χ4v) is 8.38. The molecule has 3 heterocycles. The Morgan fingerprint density at radius 3 is 1.79 bits per heavy atom. The lowest BCUT2D eigenvalue weighted by Gasteiger charge is -2.33. The summed E-state index contributed by atoms with van der Waals surface area (Å²) in [5.41, 5.74) is 14.8. The number of benzene rings is 8. The largest absolute Gasteiger partial charge is 0.551 e. The number of ether oxygens (including phenoxy) is 1. The molecule has 11 rings (SSSR count). The summed E-state index contributed by atoms with van der Waals surface area (Å²) in [5, 5.41) is 2.49. The van der Waals surface area contributed by atoms with Crippen molar-refractivity contribution in [2.75, 3.05) is 0 Å². The molecule has 0 aliphatic carbocycles. The van der Waals surface area contributed by atoms with Crippen molar-refractivity contribution in [3.05, 3.63) is 182 Å². The van der Waals surface area contributed by atoms with E-state index >= 15 is 0 Å².